The number of rotatable bonds is 4. The molecule has 1 aromatic carbocycles. The van der Waals surface area contributed by atoms with Gasteiger partial charge in [0.1, 0.15) is 0 Å². The minimum Gasteiger partial charge on any atom is -0.370 e. The molecule has 0 fully saturated rings. The van der Waals surface area contributed by atoms with Crippen molar-refractivity contribution in [2.75, 3.05) is 5.32 Å². The van der Waals surface area contributed by atoms with Crippen molar-refractivity contribution in [3.8, 4) is 0 Å². The third kappa shape index (κ3) is 3.11. The molecule has 0 aliphatic heterocycles. The fourth-order valence-corrected chi connectivity index (χ4v) is 3.04. The van der Waals surface area contributed by atoms with Gasteiger partial charge in [0.2, 0.25) is 5.91 Å². The number of nitrogens with zero attached hydrogens (tertiary/aromatic N) is 1. The Bertz CT molecular complexity index is 594. The van der Waals surface area contributed by atoms with Gasteiger partial charge in [0.15, 0.2) is 5.13 Å². The number of halogens is 1. The molecule has 1 heterocycles. The number of aromatic nitrogens is 1. The van der Waals surface area contributed by atoms with Crippen LogP contribution in [0.5, 0.6) is 0 Å². The fraction of sp³-hybridized carbons (Fsp3) is 0.333. The molecule has 1 amide bonds. The number of carbonyl (C=O) groups is 1. The van der Waals surface area contributed by atoms with Crippen LogP contribution in [0.2, 0.25) is 5.02 Å². The molecule has 1 aromatic heterocycles. The van der Waals surface area contributed by atoms with Crippen LogP contribution in [0.4, 0.5) is 5.13 Å². The van der Waals surface area contributed by atoms with Gasteiger partial charge < -0.3 is 11.1 Å². The van der Waals surface area contributed by atoms with E-state index in [1.165, 1.54) is 11.3 Å². The Morgan fingerprint density at radius 2 is 2.28 bits per heavy atom. The number of amides is 1. The Morgan fingerprint density at radius 1 is 1.56 bits per heavy atom. The summed E-state index contributed by atoms with van der Waals surface area (Å²) in [5.74, 6) is -0.336. The highest BCUT2D eigenvalue weighted by Gasteiger charge is 2.21. The minimum absolute atomic E-state index is 0.254. The van der Waals surface area contributed by atoms with E-state index in [0.29, 0.717) is 5.02 Å². The van der Waals surface area contributed by atoms with Crippen LogP contribution in [-0.2, 0) is 4.79 Å². The monoisotopic (exact) mass is 283 g/mol. The Kier molecular flexibility index (Phi) is 3.45. The summed E-state index contributed by atoms with van der Waals surface area (Å²) in [6.07, 6.45) is 0.254. The first-order valence-electron chi connectivity index (χ1n) is 5.48. The maximum absolute atomic E-state index is 11.0. The molecule has 6 heteroatoms. The van der Waals surface area contributed by atoms with E-state index in [1.54, 1.807) is 0 Å². The minimum atomic E-state index is -0.413. The average Bonchev–Trinajstić information content (AvgIpc) is 2.55. The summed E-state index contributed by atoms with van der Waals surface area (Å²) in [5.41, 5.74) is 5.69. The van der Waals surface area contributed by atoms with E-state index in [-0.39, 0.29) is 12.3 Å². The SMILES string of the molecule is CC(C)(CC(N)=O)Nc1nc2ccc(Cl)cc2s1. The van der Waals surface area contributed by atoms with Crippen LogP contribution in [0, 0.1) is 0 Å². The average molecular weight is 284 g/mol. The highest BCUT2D eigenvalue weighted by molar-refractivity contribution is 7.22. The molecule has 0 bridgehead atoms. The van der Waals surface area contributed by atoms with Gasteiger partial charge >= 0.3 is 0 Å². The molecule has 0 aliphatic rings. The van der Waals surface area contributed by atoms with Crippen LogP contribution < -0.4 is 11.1 Å². The number of carbonyl (C=O) groups excluding carboxylic acids is 1. The van der Waals surface area contributed by atoms with E-state index in [2.05, 4.69) is 10.3 Å². The fourth-order valence-electron chi connectivity index (χ4n) is 1.72. The Morgan fingerprint density at radius 3 is 2.94 bits per heavy atom. The normalized spacial score (nSPS) is 11.7. The van der Waals surface area contributed by atoms with Crippen molar-refractivity contribution in [2.24, 2.45) is 5.73 Å². The number of nitrogens with two attached hydrogens (primary N) is 1. The van der Waals surface area contributed by atoms with Crippen molar-refractivity contribution in [1.82, 2.24) is 4.98 Å². The van der Waals surface area contributed by atoms with Crippen LogP contribution in [-0.4, -0.2) is 16.4 Å². The molecular weight excluding hydrogens is 270 g/mol. The van der Waals surface area contributed by atoms with Crippen molar-refractivity contribution in [3.63, 3.8) is 0 Å². The van der Waals surface area contributed by atoms with Crippen LogP contribution in [0.15, 0.2) is 18.2 Å². The summed E-state index contributed by atoms with van der Waals surface area (Å²) >= 11 is 7.43. The molecule has 96 valence electrons. The second-order valence-corrected chi connectivity index (χ2v) is 6.25. The van der Waals surface area contributed by atoms with E-state index in [0.717, 1.165) is 15.3 Å². The number of primary amides is 1. The maximum atomic E-state index is 11.0. The number of thiazole rings is 1. The molecule has 18 heavy (non-hydrogen) atoms. The number of fused-ring (bicyclic) bond motifs is 1. The van der Waals surface area contributed by atoms with Crippen molar-refractivity contribution >= 4 is 44.2 Å². The first-order valence-corrected chi connectivity index (χ1v) is 6.68. The van der Waals surface area contributed by atoms with E-state index < -0.39 is 5.54 Å². The molecular formula is C12H14ClN3OS. The van der Waals surface area contributed by atoms with E-state index in [1.807, 2.05) is 32.0 Å². The summed E-state index contributed by atoms with van der Waals surface area (Å²) in [6, 6.07) is 5.56. The van der Waals surface area contributed by atoms with E-state index in [4.69, 9.17) is 17.3 Å². The molecule has 2 aromatic rings. The lowest BCUT2D eigenvalue weighted by atomic mass is 10.0. The zero-order valence-corrected chi connectivity index (χ0v) is 11.7. The van der Waals surface area contributed by atoms with Crippen LogP contribution in [0.3, 0.4) is 0 Å². The van der Waals surface area contributed by atoms with Crippen molar-refractivity contribution in [2.45, 2.75) is 25.8 Å². The lowest BCUT2D eigenvalue weighted by Crippen LogP contribution is -2.35. The number of anilines is 1. The number of benzene rings is 1. The molecule has 2 rings (SSSR count). The largest absolute Gasteiger partial charge is 0.370 e. The molecule has 0 unspecified atom stereocenters. The Labute approximate surface area is 114 Å². The zero-order chi connectivity index (χ0) is 13.3. The third-order valence-corrected chi connectivity index (χ3v) is 3.58. The van der Waals surface area contributed by atoms with Crippen molar-refractivity contribution < 1.29 is 4.79 Å². The van der Waals surface area contributed by atoms with Gasteiger partial charge in [0.25, 0.3) is 0 Å². The second kappa shape index (κ2) is 4.74. The maximum Gasteiger partial charge on any atom is 0.219 e. The van der Waals surface area contributed by atoms with Crippen LogP contribution in [0.25, 0.3) is 10.2 Å². The van der Waals surface area contributed by atoms with Crippen molar-refractivity contribution in [3.05, 3.63) is 23.2 Å². The summed E-state index contributed by atoms with van der Waals surface area (Å²) in [5, 5.41) is 4.67. The summed E-state index contributed by atoms with van der Waals surface area (Å²) in [4.78, 5) is 15.4. The standard InChI is InChI=1S/C12H14ClN3OS/c1-12(2,6-10(14)17)16-11-15-8-4-3-7(13)5-9(8)18-11/h3-5H,6H2,1-2H3,(H2,14,17)(H,15,16). The van der Waals surface area contributed by atoms with Gasteiger partial charge in [-0.25, -0.2) is 4.98 Å². The molecule has 4 nitrogen and oxygen atoms in total. The number of hydrogen-bond acceptors (Lipinski definition) is 4. The van der Waals surface area contributed by atoms with Gasteiger partial charge in [0.05, 0.1) is 10.2 Å². The molecule has 0 spiro atoms. The van der Waals surface area contributed by atoms with Crippen molar-refractivity contribution in [1.29, 1.82) is 0 Å². The zero-order valence-electron chi connectivity index (χ0n) is 10.2. The summed E-state index contributed by atoms with van der Waals surface area (Å²) < 4.78 is 1.01. The van der Waals surface area contributed by atoms with Gasteiger partial charge in [-0.3, -0.25) is 4.79 Å². The Hall–Kier alpha value is -1.33. The third-order valence-electron chi connectivity index (χ3n) is 2.41. The first-order chi connectivity index (χ1) is 8.35. The van der Waals surface area contributed by atoms with Gasteiger partial charge in [-0.1, -0.05) is 22.9 Å². The van der Waals surface area contributed by atoms with Gasteiger partial charge in [-0.05, 0) is 32.0 Å². The number of nitrogens with one attached hydrogen (secondary N) is 1. The molecule has 0 saturated carbocycles. The smallest absolute Gasteiger partial charge is 0.219 e. The highest BCUT2D eigenvalue weighted by atomic mass is 35.5. The van der Waals surface area contributed by atoms with Crippen LogP contribution >= 0.6 is 22.9 Å². The first kappa shape index (κ1) is 13.1. The topological polar surface area (TPSA) is 68.0 Å². The lowest BCUT2D eigenvalue weighted by molar-refractivity contribution is -0.118. The second-order valence-electron chi connectivity index (χ2n) is 4.78. The summed E-state index contributed by atoms with van der Waals surface area (Å²) in [6.45, 7) is 3.83. The summed E-state index contributed by atoms with van der Waals surface area (Å²) in [7, 11) is 0. The lowest BCUT2D eigenvalue weighted by Gasteiger charge is -2.24. The predicted octanol–water partition coefficient (Wildman–Crippen LogP) is 3.02. The quantitative estimate of drug-likeness (QED) is 0.906. The van der Waals surface area contributed by atoms with E-state index >= 15 is 0 Å². The molecule has 0 saturated heterocycles. The predicted molar refractivity (Wildman–Crippen MR) is 76.1 cm³/mol. The number of hydrogen-bond donors (Lipinski definition) is 2. The molecule has 0 atom stereocenters. The molecule has 0 radical (unpaired) electrons. The van der Waals surface area contributed by atoms with Gasteiger partial charge in [-0.2, -0.15) is 0 Å². The molecule has 3 N–H and O–H groups in total. The molecule has 0 aliphatic carbocycles. The Balaban J connectivity index is 2.24. The van der Waals surface area contributed by atoms with Crippen LogP contribution in [0.1, 0.15) is 20.3 Å². The highest BCUT2D eigenvalue weighted by Crippen LogP contribution is 2.30. The van der Waals surface area contributed by atoms with E-state index in [9.17, 15) is 4.79 Å². The van der Waals surface area contributed by atoms with Gasteiger partial charge in [0, 0.05) is 17.0 Å². The van der Waals surface area contributed by atoms with Gasteiger partial charge in [-0.15, -0.1) is 0 Å².